The zero-order valence-electron chi connectivity index (χ0n) is 9.68. The van der Waals surface area contributed by atoms with Crippen molar-refractivity contribution in [2.24, 2.45) is 0 Å². The summed E-state index contributed by atoms with van der Waals surface area (Å²) in [7, 11) is -2.99. The number of halogens is 1. The highest BCUT2D eigenvalue weighted by molar-refractivity contribution is 8.00. The van der Waals surface area contributed by atoms with Crippen LogP contribution in [0.4, 0.5) is 4.39 Å². The number of hydrogen-bond acceptors (Lipinski definition) is 4. The van der Waals surface area contributed by atoms with Crippen LogP contribution in [0.3, 0.4) is 0 Å². The lowest BCUT2D eigenvalue weighted by molar-refractivity contribution is 0.196. The van der Waals surface area contributed by atoms with Gasteiger partial charge in [-0.25, -0.2) is 12.8 Å². The number of hydrogen-bond donors (Lipinski definition) is 1. The van der Waals surface area contributed by atoms with Crippen molar-refractivity contribution in [3.8, 4) is 0 Å². The number of aliphatic hydroxyl groups excluding tert-OH is 1. The van der Waals surface area contributed by atoms with E-state index < -0.39 is 21.8 Å². The predicted octanol–water partition coefficient (Wildman–Crippen LogP) is 2.02. The molecule has 0 saturated heterocycles. The third-order valence-corrected chi connectivity index (χ3v) is 4.43. The molecule has 1 aromatic carbocycles. The minimum atomic E-state index is -2.99. The molecule has 0 saturated carbocycles. The summed E-state index contributed by atoms with van der Waals surface area (Å²) in [5.74, 6) is 0.0479. The van der Waals surface area contributed by atoms with E-state index in [9.17, 15) is 17.9 Å². The average molecular weight is 278 g/mol. The van der Waals surface area contributed by atoms with Crippen molar-refractivity contribution >= 4 is 21.6 Å². The number of rotatable bonds is 5. The maximum atomic E-state index is 13.0. The SMILES string of the molecule is C[C@H](O)c1cc(F)ccc1SCCS(C)(=O)=O. The van der Waals surface area contributed by atoms with Gasteiger partial charge < -0.3 is 5.11 Å². The van der Waals surface area contributed by atoms with E-state index in [0.29, 0.717) is 16.2 Å². The van der Waals surface area contributed by atoms with Crippen LogP contribution in [0.1, 0.15) is 18.6 Å². The summed E-state index contributed by atoms with van der Waals surface area (Å²) in [4.78, 5) is 0.713. The maximum Gasteiger partial charge on any atom is 0.148 e. The number of thioether (sulfide) groups is 1. The van der Waals surface area contributed by atoms with Crippen molar-refractivity contribution in [1.82, 2.24) is 0 Å². The van der Waals surface area contributed by atoms with E-state index >= 15 is 0 Å². The lowest BCUT2D eigenvalue weighted by Crippen LogP contribution is -2.05. The van der Waals surface area contributed by atoms with Gasteiger partial charge in [-0.1, -0.05) is 0 Å². The molecule has 0 heterocycles. The molecule has 6 heteroatoms. The number of aliphatic hydroxyl groups is 1. The molecular weight excluding hydrogens is 263 g/mol. The second-order valence-corrected chi connectivity index (χ2v) is 7.23. The van der Waals surface area contributed by atoms with Crippen molar-refractivity contribution in [3.05, 3.63) is 29.6 Å². The standard InChI is InChI=1S/C11H15FO3S2/c1-8(13)10-7-9(12)3-4-11(10)16-5-6-17(2,14)15/h3-4,7-8,13H,5-6H2,1-2H3/t8-/m0/s1. The van der Waals surface area contributed by atoms with Gasteiger partial charge in [-0.3, -0.25) is 0 Å². The molecule has 96 valence electrons. The molecule has 0 fully saturated rings. The maximum absolute atomic E-state index is 13.0. The molecule has 0 aliphatic carbocycles. The normalized spacial score (nSPS) is 13.6. The van der Waals surface area contributed by atoms with Crippen LogP contribution in [0, 0.1) is 5.82 Å². The lowest BCUT2D eigenvalue weighted by Gasteiger charge is -2.11. The summed E-state index contributed by atoms with van der Waals surface area (Å²) in [5, 5.41) is 9.49. The van der Waals surface area contributed by atoms with E-state index in [0.717, 1.165) is 0 Å². The van der Waals surface area contributed by atoms with Gasteiger partial charge in [0.1, 0.15) is 15.7 Å². The molecule has 0 aromatic heterocycles. The predicted molar refractivity (Wildman–Crippen MR) is 67.5 cm³/mol. The van der Waals surface area contributed by atoms with Crippen LogP contribution < -0.4 is 0 Å². The van der Waals surface area contributed by atoms with Gasteiger partial charge in [-0.15, -0.1) is 11.8 Å². The van der Waals surface area contributed by atoms with Crippen molar-refractivity contribution in [3.63, 3.8) is 0 Å². The molecule has 0 spiro atoms. The molecule has 17 heavy (non-hydrogen) atoms. The Morgan fingerprint density at radius 2 is 2.12 bits per heavy atom. The Kier molecular flexibility index (Phi) is 4.97. The second-order valence-electron chi connectivity index (χ2n) is 3.84. The van der Waals surface area contributed by atoms with Gasteiger partial charge in [0.05, 0.1) is 11.9 Å². The largest absolute Gasteiger partial charge is 0.389 e. The molecule has 0 bridgehead atoms. The first kappa shape index (κ1) is 14.5. The number of benzene rings is 1. The molecule has 0 aliphatic heterocycles. The van der Waals surface area contributed by atoms with Crippen LogP contribution in [-0.4, -0.2) is 31.3 Å². The van der Waals surface area contributed by atoms with E-state index in [4.69, 9.17) is 0 Å². The average Bonchev–Trinajstić information content (AvgIpc) is 2.18. The van der Waals surface area contributed by atoms with E-state index in [1.54, 1.807) is 13.0 Å². The van der Waals surface area contributed by atoms with Crippen molar-refractivity contribution in [2.45, 2.75) is 17.9 Å². The van der Waals surface area contributed by atoms with Crippen LogP contribution in [0.2, 0.25) is 0 Å². The Hall–Kier alpha value is -0.590. The van der Waals surface area contributed by atoms with Gasteiger partial charge in [-0.05, 0) is 30.7 Å². The Bertz CT molecular complexity index is 483. The van der Waals surface area contributed by atoms with Gasteiger partial charge in [0.2, 0.25) is 0 Å². The van der Waals surface area contributed by atoms with Crippen molar-refractivity contribution in [1.29, 1.82) is 0 Å². The van der Waals surface area contributed by atoms with Gasteiger partial charge in [0, 0.05) is 16.9 Å². The second kappa shape index (κ2) is 5.84. The molecule has 0 aliphatic rings. The molecule has 1 N–H and O–H groups in total. The molecule has 0 amide bonds. The van der Waals surface area contributed by atoms with Crippen LogP contribution in [0.15, 0.2) is 23.1 Å². The van der Waals surface area contributed by atoms with Gasteiger partial charge in [-0.2, -0.15) is 0 Å². The minimum Gasteiger partial charge on any atom is -0.389 e. The summed E-state index contributed by atoms with van der Waals surface area (Å²) in [6, 6.07) is 4.13. The molecule has 0 radical (unpaired) electrons. The Morgan fingerprint density at radius 1 is 1.47 bits per heavy atom. The summed E-state index contributed by atoms with van der Waals surface area (Å²) in [6.07, 6.45) is 0.403. The van der Waals surface area contributed by atoms with Crippen LogP contribution in [-0.2, 0) is 9.84 Å². The zero-order chi connectivity index (χ0) is 13.1. The molecule has 1 atom stereocenters. The summed E-state index contributed by atoms with van der Waals surface area (Å²) in [5.41, 5.74) is 0.489. The highest BCUT2D eigenvalue weighted by atomic mass is 32.2. The van der Waals surface area contributed by atoms with Crippen LogP contribution in [0.5, 0.6) is 0 Å². The first-order chi connectivity index (χ1) is 7.79. The molecular formula is C11H15FO3S2. The zero-order valence-corrected chi connectivity index (χ0v) is 11.3. The van der Waals surface area contributed by atoms with Crippen molar-refractivity contribution < 1.29 is 17.9 Å². The fourth-order valence-corrected chi connectivity index (χ4v) is 3.60. The topological polar surface area (TPSA) is 54.4 Å². The van der Waals surface area contributed by atoms with Gasteiger partial charge >= 0.3 is 0 Å². The smallest absolute Gasteiger partial charge is 0.148 e. The highest BCUT2D eigenvalue weighted by Crippen LogP contribution is 2.28. The fraction of sp³-hybridized carbons (Fsp3) is 0.455. The Balaban J connectivity index is 2.77. The van der Waals surface area contributed by atoms with E-state index in [1.165, 1.54) is 30.2 Å². The van der Waals surface area contributed by atoms with E-state index in [2.05, 4.69) is 0 Å². The molecule has 0 unspecified atom stereocenters. The van der Waals surface area contributed by atoms with Gasteiger partial charge in [0.25, 0.3) is 0 Å². The first-order valence-electron chi connectivity index (χ1n) is 5.07. The Morgan fingerprint density at radius 3 is 2.65 bits per heavy atom. The first-order valence-corrected chi connectivity index (χ1v) is 8.12. The third kappa shape index (κ3) is 5.06. The summed E-state index contributed by atoms with van der Waals surface area (Å²) < 4.78 is 34.9. The quantitative estimate of drug-likeness (QED) is 0.837. The Labute approximate surface area is 105 Å². The van der Waals surface area contributed by atoms with Gasteiger partial charge in [0.15, 0.2) is 0 Å². The molecule has 1 rings (SSSR count). The number of sulfone groups is 1. The third-order valence-electron chi connectivity index (χ3n) is 2.13. The minimum absolute atomic E-state index is 0.0638. The van der Waals surface area contributed by atoms with E-state index in [1.807, 2.05) is 0 Å². The fourth-order valence-electron chi connectivity index (χ4n) is 1.28. The molecule has 1 aromatic rings. The lowest BCUT2D eigenvalue weighted by atomic mass is 10.1. The summed E-state index contributed by atoms with van der Waals surface area (Å²) in [6.45, 7) is 1.55. The highest BCUT2D eigenvalue weighted by Gasteiger charge is 2.11. The van der Waals surface area contributed by atoms with E-state index in [-0.39, 0.29) is 5.75 Å². The van der Waals surface area contributed by atoms with Crippen molar-refractivity contribution in [2.75, 3.05) is 17.8 Å². The van der Waals surface area contributed by atoms with Crippen LogP contribution in [0.25, 0.3) is 0 Å². The van der Waals surface area contributed by atoms with Crippen LogP contribution >= 0.6 is 11.8 Å². The summed E-state index contributed by atoms with van der Waals surface area (Å²) >= 11 is 1.31. The molecule has 3 nitrogen and oxygen atoms in total. The monoisotopic (exact) mass is 278 g/mol.